The molecule has 0 aromatic heterocycles. The van der Waals surface area contributed by atoms with Crippen LogP contribution in [0, 0.1) is 12.8 Å². The molecular weight excluding hydrogens is 256 g/mol. The van der Waals surface area contributed by atoms with Crippen LogP contribution in [0.2, 0.25) is 0 Å². The van der Waals surface area contributed by atoms with Crippen LogP contribution in [0.4, 0.5) is 8.78 Å². The second-order valence-electron chi connectivity index (χ2n) is 3.04. The molecule has 4 N–H and O–H groups in total. The molecule has 1 atom stereocenters. The minimum absolute atomic E-state index is 0.0251. The summed E-state index contributed by atoms with van der Waals surface area (Å²) in [6, 6.07) is -0.187. The standard InChI is InChI=1S/C7H10F2N2O2.C3H7N.C2H2/c1-4-2-5(3-12-6(8)9)13-7(10)11-4;1-2-3-4;1-2/h2,4,6H,3H2,1H3,(H2,10,11);2H,1,3-4H2;1-2H/t4-;;/m0../s1. The molecule has 0 saturated heterocycles. The van der Waals surface area contributed by atoms with Crippen molar-refractivity contribution in [3.8, 4) is 12.8 Å². The van der Waals surface area contributed by atoms with Crippen molar-refractivity contribution in [3.05, 3.63) is 24.5 Å². The molecule has 0 fully saturated rings. The zero-order valence-electron chi connectivity index (χ0n) is 10.8. The van der Waals surface area contributed by atoms with Gasteiger partial charge >= 0.3 is 6.61 Å². The summed E-state index contributed by atoms with van der Waals surface area (Å²) in [5.41, 5.74) is 10.2. The van der Waals surface area contributed by atoms with Crippen molar-refractivity contribution in [3.63, 3.8) is 0 Å². The Morgan fingerprint density at radius 3 is 2.53 bits per heavy atom. The van der Waals surface area contributed by atoms with Crippen molar-refractivity contribution in [2.45, 2.75) is 19.6 Å². The smallest absolute Gasteiger partial charge is 0.345 e. The average molecular weight is 275 g/mol. The lowest BCUT2D eigenvalue weighted by molar-refractivity contribution is -0.126. The zero-order chi connectivity index (χ0) is 15.3. The second-order valence-corrected chi connectivity index (χ2v) is 3.04. The number of halogens is 2. The van der Waals surface area contributed by atoms with Crippen LogP contribution in [0.25, 0.3) is 0 Å². The summed E-state index contributed by atoms with van der Waals surface area (Å²) in [5, 5.41) is 0. The van der Waals surface area contributed by atoms with Gasteiger partial charge in [-0.2, -0.15) is 8.78 Å². The molecule has 5 nitrogen and oxygen atoms in total. The number of hydrogen-bond donors (Lipinski definition) is 2. The normalized spacial score (nSPS) is 16.7. The Balaban J connectivity index is 0. The lowest BCUT2D eigenvalue weighted by Gasteiger charge is -2.15. The first-order valence-corrected chi connectivity index (χ1v) is 5.25. The molecule has 0 saturated carbocycles. The first-order valence-electron chi connectivity index (χ1n) is 5.25. The maximum absolute atomic E-state index is 11.6. The number of nitrogens with zero attached hydrogens (tertiary/aromatic N) is 1. The van der Waals surface area contributed by atoms with Gasteiger partial charge in [-0.25, -0.2) is 4.99 Å². The quantitative estimate of drug-likeness (QED) is 0.597. The highest BCUT2D eigenvalue weighted by atomic mass is 19.3. The molecular formula is C12H19F2N3O2. The van der Waals surface area contributed by atoms with E-state index in [1.807, 2.05) is 0 Å². The number of terminal acetylenes is 1. The van der Waals surface area contributed by atoms with Crippen LogP contribution in [0.3, 0.4) is 0 Å². The van der Waals surface area contributed by atoms with Gasteiger partial charge in [0, 0.05) is 6.54 Å². The molecule has 19 heavy (non-hydrogen) atoms. The number of aliphatic imine (C=N–C) groups is 1. The lowest BCUT2D eigenvalue weighted by atomic mass is 10.3. The highest BCUT2D eigenvalue weighted by molar-refractivity contribution is 5.73. The third kappa shape index (κ3) is 12.3. The van der Waals surface area contributed by atoms with Crippen LogP contribution in [-0.2, 0) is 9.47 Å². The molecule has 108 valence electrons. The second kappa shape index (κ2) is 12.5. The fourth-order valence-electron chi connectivity index (χ4n) is 0.924. The van der Waals surface area contributed by atoms with Gasteiger partial charge in [0.1, 0.15) is 12.4 Å². The summed E-state index contributed by atoms with van der Waals surface area (Å²) in [6.07, 6.45) is 11.2. The molecule has 0 aliphatic carbocycles. The van der Waals surface area contributed by atoms with E-state index >= 15 is 0 Å². The highest BCUT2D eigenvalue weighted by Gasteiger charge is 2.13. The number of alkyl halides is 2. The van der Waals surface area contributed by atoms with Crippen LogP contribution in [0.5, 0.6) is 0 Å². The SMILES string of the molecule is C#C.C=CCN.C[C@H]1C=C(COC(F)F)OC(N)=N1. The molecule has 0 amide bonds. The summed E-state index contributed by atoms with van der Waals surface area (Å²) in [4.78, 5) is 3.81. The van der Waals surface area contributed by atoms with E-state index in [-0.39, 0.29) is 24.4 Å². The van der Waals surface area contributed by atoms with Crippen LogP contribution in [-0.4, -0.2) is 31.8 Å². The minimum Gasteiger partial charge on any atom is -0.429 e. The monoisotopic (exact) mass is 275 g/mol. The van der Waals surface area contributed by atoms with Crippen molar-refractivity contribution < 1.29 is 18.3 Å². The zero-order valence-corrected chi connectivity index (χ0v) is 10.8. The van der Waals surface area contributed by atoms with Crippen molar-refractivity contribution in [2.75, 3.05) is 13.2 Å². The van der Waals surface area contributed by atoms with Gasteiger partial charge < -0.3 is 20.9 Å². The van der Waals surface area contributed by atoms with E-state index in [1.165, 1.54) is 0 Å². The molecule has 0 unspecified atom stereocenters. The van der Waals surface area contributed by atoms with E-state index in [4.69, 9.17) is 16.2 Å². The molecule has 7 heteroatoms. The predicted octanol–water partition coefficient (Wildman–Crippen LogP) is 1.22. The molecule has 0 aromatic carbocycles. The van der Waals surface area contributed by atoms with Gasteiger partial charge in [-0.05, 0) is 13.0 Å². The number of nitrogens with two attached hydrogens (primary N) is 2. The topological polar surface area (TPSA) is 82.9 Å². The summed E-state index contributed by atoms with van der Waals surface area (Å²) < 4.78 is 32.1. The van der Waals surface area contributed by atoms with Crippen LogP contribution < -0.4 is 11.5 Å². The van der Waals surface area contributed by atoms with E-state index in [2.05, 4.69) is 29.2 Å². The Bertz CT molecular complexity index is 328. The van der Waals surface area contributed by atoms with Crippen molar-refractivity contribution in [1.29, 1.82) is 0 Å². The first-order chi connectivity index (χ1) is 8.99. The van der Waals surface area contributed by atoms with Gasteiger partial charge in [0.25, 0.3) is 6.02 Å². The molecule has 0 aromatic rings. The van der Waals surface area contributed by atoms with Crippen molar-refractivity contribution in [1.82, 2.24) is 0 Å². The van der Waals surface area contributed by atoms with Gasteiger partial charge in [0.05, 0.1) is 6.04 Å². The summed E-state index contributed by atoms with van der Waals surface area (Å²) in [5.74, 6) is 0.264. The number of ether oxygens (including phenoxy) is 2. The Labute approximate surface area is 112 Å². The Morgan fingerprint density at radius 2 is 2.16 bits per heavy atom. The largest absolute Gasteiger partial charge is 0.429 e. The summed E-state index contributed by atoms with van der Waals surface area (Å²) in [7, 11) is 0. The summed E-state index contributed by atoms with van der Waals surface area (Å²) in [6.45, 7) is 2.60. The van der Waals surface area contributed by atoms with E-state index < -0.39 is 6.61 Å². The predicted molar refractivity (Wildman–Crippen MR) is 71.3 cm³/mol. The molecule has 1 aliphatic heterocycles. The number of hydrogen-bond acceptors (Lipinski definition) is 5. The molecule has 0 bridgehead atoms. The number of amidine groups is 1. The third-order valence-corrected chi connectivity index (χ3v) is 1.51. The fraction of sp³-hybridized carbons (Fsp3) is 0.417. The van der Waals surface area contributed by atoms with E-state index in [1.54, 1.807) is 19.1 Å². The van der Waals surface area contributed by atoms with E-state index in [0.717, 1.165) is 0 Å². The fourth-order valence-corrected chi connectivity index (χ4v) is 0.924. The number of rotatable bonds is 4. The Morgan fingerprint density at radius 1 is 1.63 bits per heavy atom. The van der Waals surface area contributed by atoms with E-state index in [9.17, 15) is 8.78 Å². The maximum atomic E-state index is 11.6. The minimum atomic E-state index is -2.81. The maximum Gasteiger partial charge on any atom is 0.345 e. The van der Waals surface area contributed by atoms with Gasteiger partial charge in [-0.15, -0.1) is 19.4 Å². The highest BCUT2D eigenvalue weighted by Crippen LogP contribution is 2.10. The van der Waals surface area contributed by atoms with Gasteiger partial charge in [-0.3, -0.25) is 0 Å². The Kier molecular flexibility index (Phi) is 12.8. The summed E-state index contributed by atoms with van der Waals surface area (Å²) >= 11 is 0. The molecule has 1 rings (SSSR count). The molecule has 1 heterocycles. The van der Waals surface area contributed by atoms with Crippen LogP contribution in [0.15, 0.2) is 29.5 Å². The van der Waals surface area contributed by atoms with Gasteiger partial charge in [0.2, 0.25) is 0 Å². The Hall–Kier alpha value is -1.91. The molecule has 1 aliphatic rings. The lowest BCUT2D eigenvalue weighted by Crippen LogP contribution is -2.24. The van der Waals surface area contributed by atoms with Gasteiger partial charge in [0.15, 0.2) is 0 Å². The van der Waals surface area contributed by atoms with Gasteiger partial charge in [-0.1, -0.05) is 6.08 Å². The third-order valence-electron chi connectivity index (χ3n) is 1.51. The van der Waals surface area contributed by atoms with Crippen LogP contribution >= 0.6 is 0 Å². The van der Waals surface area contributed by atoms with E-state index in [0.29, 0.717) is 6.54 Å². The van der Waals surface area contributed by atoms with Crippen molar-refractivity contribution >= 4 is 6.02 Å². The van der Waals surface area contributed by atoms with Crippen molar-refractivity contribution in [2.24, 2.45) is 16.5 Å². The average Bonchev–Trinajstić information content (AvgIpc) is 2.38. The molecule has 0 spiro atoms. The first kappa shape index (κ1) is 19.4. The molecule has 0 radical (unpaired) electrons. The van der Waals surface area contributed by atoms with Crippen LogP contribution in [0.1, 0.15) is 6.92 Å².